The number of aromatic carboxylic acids is 1. The summed E-state index contributed by atoms with van der Waals surface area (Å²) in [6.45, 7) is -0.0950. The number of hydrogen-bond acceptors (Lipinski definition) is 6. The summed E-state index contributed by atoms with van der Waals surface area (Å²) in [6, 6.07) is 2.49. The molecule has 0 bridgehead atoms. The quantitative estimate of drug-likeness (QED) is 0.704. The summed E-state index contributed by atoms with van der Waals surface area (Å²) in [7, 11) is -2.36. The number of nitrogens with zero attached hydrogens (tertiary/aromatic N) is 1. The first kappa shape index (κ1) is 16.1. The highest BCUT2D eigenvalue weighted by Gasteiger charge is 2.26. The molecular weight excluding hydrogens is 294 g/mol. The molecule has 1 heterocycles. The van der Waals surface area contributed by atoms with Crippen molar-refractivity contribution >= 4 is 27.3 Å². The number of hydrogen-bond donors (Lipinski definition) is 2. The van der Waals surface area contributed by atoms with Crippen molar-refractivity contribution in [3.63, 3.8) is 0 Å². The molecule has 1 aromatic rings. The summed E-state index contributed by atoms with van der Waals surface area (Å²) in [5.74, 6) is -1.17. The normalized spacial score (nSPS) is 11.9. The summed E-state index contributed by atoms with van der Waals surface area (Å²) < 4.78 is 30.3. The van der Waals surface area contributed by atoms with E-state index in [2.05, 4.69) is 0 Å². The Hall–Kier alpha value is -1.00. The van der Waals surface area contributed by atoms with E-state index in [9.17, 15) is 13.2 Å². The topological polar surface area (TPSA) is 104 Å². The monoisotopic (exact) mass is 309 g/mol. The molecule has 0 aliphatic heterocycles. The summed E-state index contributed by atoms with van der Waals surface area (Å²) in [6.07, 6.45) is 0. The first-order valence-corrected chi connectivity index (χ1v) is 7.62. The molecule has 108 valence electrons. The van der Waals surface area contributed by atoms with Gasteiger partial charge in [-0.2, -0.15) is 4.31 Å². The Kier molecular flexibility index (Phi) is 5.88. The van der Waals surface area contributed by atoms with Crippen LogP contribution >= 0.6 is 11.3 Å². The molecule has 0 saturated carbocycles. The van der Waals surface area contributed by atoms with Gasteiger partial charge in [0.1, 0.15) is 9.09 Å². The van der Waals surface area contributed by atoms with Crippen LogP contribution in [0.4, 0.5) is 0 Å². The predicted octanol–water partition coefficient (Wildman–Crippen LogP) is 0.0757. The van der Waals surface area contributed by atoms with Gasteiger partial charge in [0.25, 0.3) is 10.0 Å². The van der Waals surface area contributed by atoms with E-state index < -0.39 is 16.0 Å². The predicted molar refractivity (Wildman–Crippen MR) is 69.0 cm³/mol. The third kappa shape index (κ3) is 3.98. The summed E-state index contributed by atoms with van der Waals surface area (Å²) in [4.78, 5) is 10.7. The summed E-state index contributed by atoms with van der Waals surface area (Å²) in [5, 5.41) is 17.7. The van der Waals surface area contributed by atoms with Gasteiger partial charge in [0.2, 0.25) is 0 Å². The van der Waals surface area contributed by atoms with Gasteiger partial charge in [-0.05, 0) is 12.1 Å². The highest BCUT2D eigenvalue weighted by atomic mass is 32.2. The van der Waals surface area contributed by atoms with Crippen molar-refractivity contribution < 1.29 is 28.2 Å². The molecule has 0 amide bonds. The van der Waals surface area contributed by atoms with E-state index >= 15 is 0 Å². The SMILES string of the molecule is COCCN(CCO)S(=O)(=O)c1ccc(C(=O)O)s1. The highest BCUT2D eigenvalue weighted by molar-refractivity contribution is 7.91. The van der Waals surface area contributed by atoms with E-state index in [0.717, 1.165) is 4.31 Å². The zero-order valence-corrected chi connectivity index (χ0v) is 11.9. The molecule has 1 rings (SSSR count). The summed E-state index contributed by atoms with van der Waals surface area (Å²) >= 11 is 0.684. The number of ether oxygens (including phenoxy) is 1. The fourth-order valence-corrected chi connectivity index (χ4v) is 4.07. The van der Waals surface area contributed by atoms with Crippen molar-refractivity contribution in [2.24, 2.45) is 0 Å². The number of aliphatic hydroxyl groups is 1. The molecule has 19 heavy (non-hydrogen) atoms. The minimum absolute atomic E-state index is 0.0470. The van der Waals surface area contributed by atoms with Gasteiger partial charge in [-0.1, -0.05) is 0 Å². The number of sulfonamides is 1. The van der Waals surface area contributed by atoms with Crippen LogP contribution in [-0.2, 0) is 14.8 Å². The fourth-order valence-electron chi connectivity index (χ4n) is 1.36. The van der Waals surface area contributed by atoms with Crippen molar-refractivity contribution in [2.75, 3.05) is 33.4 Å². The molecule has 1 aromatic heterocycles. The van der Waals surface area contributed by atoms with Gasteiger partial charge < -0.3 is 14.9 Å². The zero-order chi connectivity index (χ0) is 14.5. The van der Waals surface area contributed by atoms with Crippen LogP contribution in [-0.4, -0.2) is 62.3 Å². The molecule has 0 saturated heterocycles. The molecule has 0 aromatic carbocycles. The molecule has 0 fully saturated rings. The second-order valence-electron chi connectivity index (χ2n) is 3.54. The Bertz CT molecular complexity index is 524. The molecular formula is C10H15NO6S2. The molecule has 0 radical (unpaired) electrons. The highest BCUT2D eigenvalue weighted by Crippen LogP contribution is 2.24. The van der Waals surface area contributed by atoms with Crippen molar-refractivity contribution in [2.45, 2.75) is 4.21 Å². The molecule has 2 N–H and O–H groups in total. The zero-order valence-electron chi connectivity index (χ0n) is 10.3. The number of methoxy groups -OCH3 is 1. The van der Waals surface area contributed by atoms with Crippen LogP contribution in [0.2, 0.25) is 0 Å². The Morgan fingerprint density at radius 2 is 2.11 bits per heavy atom. The second-order valence-corrected chi connectivity index (χ2v) is 6.79. The first-order valence-electron chi connectivity index (χ1n) is 5.36. The number of rotatable bonds is 8. The van der Waals surface area contributed by atoms with Crippen LogP contribution in [0, 0.1) is 0 Å². The van der Waals surface area contributed by atoms with Crippen molar-refractivity contribution in [1.29, 1.82) is 0 Å². The first-order chi connectivity index (χ1) is 8.93. The van der Waals surface area contributed by atoms with Crippen LogP contribution in [0.5, 0.6) is 0 Å². The lowest BCUT2D eigenvalue weighted by Gasteiger charge is -2.19. The van der Waals surface area contributed by atoms with E-state index in [1.165, 1.54) is 19.2 Å². The fraction of sp³-hybridized carbons (Fsp3) is 0.500. The minimum atomic E-state index is -3.80. The van der Waals surface area contributed by atoms with E-state index in [4.69, 9.17) is 14.9 Å². The van der Waals surface area contributed by atoms with Gasteiger partial charge >= 0.3 is 5.97 Å². The number of thiophene rings is 1. The van der Waals surface area contributed by atoms with Gasteiger partial charge in [0.15, 0.2) is 0 Å². The number of carboxylic acids is 1. The van der Waals surface area contributed by atoms with Crippen LogP contribution in [0.15, 0.2) is 16.3 Å². The summed E-state index contributed by atoms with van der Waals surface area (Å²) in [5.41, 5.74) is 0. The van der Waals surface area contributed by atoms with Crippen LogP contribution in [0.3, 0.4) is 0 Å². The third-order valence-corrected chi connectivity index (χ3v) is 5.72. The number of aliphatic hydroxyl groups excluding tert-OH is 1. The lowest BCUT2D eigenvalue weighted by molar-refractivity contribution is 0.0702. The maximum atomic E-state index is 12.2. The van der Waals surface area contributed by atoms with Crippen molar-refractivity contribution in [1.82, 2.24) is 4.31 Å². The number of carbonyl (C=O) groups is 1. The van der Waals surface area contributed by atoms with E-state index in [1.807, 2.05) is 0 Å². The maximum Gasteiger partial charge on any atom is 0.345 e. The lowest BCUT2D eigenvalue weighted by Crippen LogP contribution is -2.35. The van der Waals surface area contributed by atoms with Gasteiger partial charge in [-0.15, -0.1) is 11.3 Å². The molecule has 0 aliphatic rings. The Balaban J connectivity index is 3.00. The van der Waals surface area contributed by atoms with Gasteiger partial charge in [-0.25, -0.2) is 13.2 Å². The van der Waals surface area contributed by atoms with E-state index in [0.29, 0.717) is 11.3 Å². The van der Waals surface area contributed by atoms with E-state index in [1.54, 1.807) is 0 Å². The van der Waals surface area contributed by atoms with Gasteiger partial charge in [0, 0.05) is 20.2 Å². The van der Waals surface area contributed by atoms with Crippen molar-refractivity contribution in [3.05, 3.63) is 17.0 Å². The molecule has 0 atom stereocenters. The number of carboxylic acid groups (broad SMARTS) is 1. The van der Waals surface area contributed by atoms with Gasteiger partial charge in [0.05, 0.1) is 13.2 Å². The minimum Gasteiger partial charge on any atom is -0.477 e. The second kappa shape index (κ2) is 6.96. The molecule has 9 heteroatoms. The Morgan fingerprint density at radius 3 is 2.58 bits per heavy atom. The van der Waals surface area contributed by atoms with Crippen molar-refractivity contribution in [3.8, 4) is 0 Å². The third-order valence-electron chi connectivity index (χ3n) is 2.28. The largest absolute Gasteiger partial charge is 0.477 e. The van der Waals surface area contributed by atoms with Crippen LogP contribution < -0.4 is 0 Å². The smallest absolute Gasteiger partial charge is 0.345 e. The molecule has 7 nitrogen and oxygen atoms in total. The van der Waals surface area contributed by atoms with Gasteiger partial charge in [-0.3, -0.25) is 0 Å². The average molecular weight is 309 g/mol. The Labute approximate surface area is 115 Å². The standard InChI is InChI=1S/C10H15NO6S2/c1-17-7-5-11(4-6-12)19(15,16)9-3-2-8(18-9)10(13)14/h2-3,12H,4-7H2,1H3,(H,13,14). The molecule has 0 unspecified atom stereocenters. The van der Waals surface area contributed by atoms with E-state index in [-0.39, 0.29) is 35.4 Å². The van der Waals surface area contributed by atoms with Crippen LogP contribution in [0.1, 0.15) is 9.67 Å². The average Bonchev–Trinajstić information content (AvgIpc) is 2.84. The maximum absolute atomic E-state index is 12.2. The Morgan fingerprint density at radius 1 is 1.42 bits per heavy atom. The molecule has 0 aliphatic carbocycles. The van der Waals surface area contributed by atoms with Crippen LogP contribution in [0.25, 0.3) is 0 Å². The molecule has 0 spiro atoms. The lowest BCUT2D eigenvalue weighted by atomic mass is 10.5.